The summed E-state index contributed by atoms with van der Waals surface area (Å²) in [6.45, 7) is 11.7. The Morgan fingerprint density at radius 1 is 1.35 bits per heavy atom. The van der Waals surface area contributed by atoms with Crippen LogP contribution in [0.1, 0.15) is 25.6 Å². The van der Waals surface area contributed by atoms with Crippen molar-refractivity contribution in [2.24, 2.45) is 5.92 Å². The van der Waals surface area contributed by atoms with Gasteiger partial charge in [-0.3, -0.25) is 4.79 Å². The summed E-state index contributed by atoms with van der Waals surface area (Å²) < 4.78 is 9.94. The maximum absolute atomic E-state index is 12.9. The minimum atomic E-state index is -0.118. The molecule has 2 aliphatic heterocycles. The van der Waals surface area contributed by atoms with E-state index in [-0.39, 0.29) is 17.9 Å². The Morgan fingerprint density at radius 3 is 2.87 bits per heavy atom. The van der Waals surface area contributed by atoms with E-state index in [0.717, 1.165) is 55.5 Å². The van der Waals surface area contributed by atoms with Gasteiger partial charge in [-0.05, 0) is 26.7 Å². The fourth-order valence-corrected chi connectivity index (χ4v) is 4.03. The highest BCUT2D eigenvalue weighted by atomic mass is 32.1. The fraction of sp³-hybridized carbons (Fsp3) is 0.688. The third-order valence-electron chi connectivity index (χ3n) is 4.49. The summed E-state index contributed by atoms with van der Waals surface area (Å²) in [5.74, 6) is 0.961. The minimum absolute atomic E-state index is 0.0668. The van der Waals surface area contributed by atoms with Gasteiger partial charge in [-0.25, -0.2) is 4.98 Å². The summed E-state index contributed by atoms with van der Waals surface area (Å²) in [4.78, 5) is 21.6. The molecule has 6 nitrogen and oxygen atoms in total. The summed E-state index contributed by atoms with van der Waals surface area (Å²) in [6, 6.07) is 0. The van der Waals surface area contributed by atoms with Gasteiger partial charge in [0, 0.05) is 44.3 Å². The predicted molar refractivity (Wildman–Crippen MR) is 90.7 cm³/mol. The molecule has 126 valence electrons. The first-order valence-electron chi connectivity index (χ1n) is 8.17. The summed E-state index contributed by atoms with van der Waals surface area (Å²) >= 11 is 1.43. The van der Waals surface area contributed by atoms with Crippen LogP contribution in [0.3, 0.4) is 0 Å². The molecule has 2 aliphatic rings. The number of carbonyl (C=O) groups excluding carboxylic acids is 1. The molecule has 1 aromatic heterocycles. The molecule has 0 aliphatic carbocycles. The van der Waals surface area contributed by atoms with Crippen LogP contribution in [0.2, 0.25) is 0 Å². The number of ether oxygens (including phenoxy) is 1. The number of anilines is 1. The zero-order chi connectivity index (χ0) is 16.4. The van der Waals surface area contributed by atoms with E-state index in [1.807, 2.05) is 18.7 Å². The Morgan fingerprint density at radius 2 is 2.17 bits per heavy atom. The lowest BCUT2D eigenvalue weighted by Crippen LogP contribution is -2.41. The highest BCUT2D eigenvalue weighted by molar-refractivity contribution is 7.09. The predicted octanol–water partition coefficient (Wildman–Crippen LogP) is 1.87. The Kier molecular flexibility index (Phi) is 4.96. The maximum Gasteiger partial charge on any atom is 0.228 e. The first-order chi connectivity index (χ1) is 11.1. The van der Waals surface area contributed by atoms with Crippen LogP contribution in [-0.4, -0.2) is 59.1 Å². The number of rotatable bonds is 3. The van der Waals surface area contributed by atoms with Crippen LogP contribution in [0.5, 0.6) is 0 Å². The monoisotopic (exact) mass is 336 g/mol. The molecule has 3 rings (SSSR count). The van der Waals surface area contributed by atoms with Gasteiger partial charge in [-0.15, -0.1) is 0 Å². The lowest BCUT2D eigenvalue weighted by molar-refractivity contribution is -0.136. The van der Waals surface area contributed by atoms with E-state index in [1.54, 1.807) is 0 Å². The van der Waals surface area contributed by atoms with Crippen molar-refractivity contribution in [3.63, 3.8) is 0 Å². The van der Waals surface area contributed by atoms with Crippen molar-refractivity contribution >= 4 is 22.6 Å². The first kappa shape index (κ1) is 16.4. The molecule has 0 spiro atoms. The molecular weight excluding hydrogens is 312 g/mol. The zero-order valence-corrected chi connectivity index (χ0v) is 14.6. The number of aryl methyl sites for hydroxylation is 1. The van der Waals surface area contributed by atoms with Gasteiger partial charge in [0.2, 0.25) is 11.0 Å². The summed E-state index contributed by atoms with van der Waals surface area (Å²) in [7, 11) is 0. The normalized spacial score (nSPS) is 25.5. The average Bonchev–Trinajstić information content (AvgIpc) is 3.10. The molecule has 0 aromatic carbocycles. The molecule has 0 N–H and O–H groups in total. The molecule has 7 heteroatoms. The molecule has 2 atom stereocenters. The topological polar surface area (TPSA) is 58.6 Å². The van der Waals surface area contributed by atoms with Gasteiger partial charge in [0.15, 0.2) is 0 Å². The van der Waals surface area contributed by atoms with Gasteiger partial charge in [0.05, 0.1) is 12.0 Å². The maximum atomic E-state index is 12.9. The van der Waals surface area contributed by atoms with E-state index in [0.29, 0.717) is 6.61 Å². The van der Waals surface area contributed by atoms with Crippen LogP contribution in [0.25, 0.3) is 0 Å². The van der Waals surface area contributed by atoms with Crippen LogP contribution in [-0.2, 0) is 9.53 Å². The quantitative estimate of drug-likeness (QED) is 0.789. The van der Waals surface area contributed by atoms with Crippen LogP contribution in [0.15, 0.2) is 12.2 Å². The van der Waals surface area contributed by atoms with Crippen molar-refractivity contribution in [3.8, 4) is 0 Å². The van der Waals surface area contributed by atoms with E-state index in [1.165, 1.54) is 11.5 Å². The third-order valence-corrected chi connectivity index (χ3v) is 5.36. The number of carbonyl (C=O) groups is 1. The SMILES string of the molecule is C=C(C)[C@H]1OCC[C@H]1C(=O)N1CCCN(c2nc(C)ns2)CC1. The summed E-state index contributed by atoms with van der Waals surface area (Å²) in [5.41, 5.74) is 0.946. The lowest BCUT2D eigenvalue weighted by Gasteiger charge is -2.26. The first-order valence-corrected chi connectivity index (χ1v) is 8.94. The molecule has 3 heterocycles. The Hall–Kier alpha value is -1.47. The molecule has 0 bridgehead atoms. The van der Waals surface area contributed by atoms with Crippen molar-refractivity contribution in [2.75, 3.05) is 37.7 Å². The summed E-state index contributed by atoms with van der Waals surface area (Å²) in [6.07, 6.45) is 1.63. The Balaban J connectivity index is 1.63. The second-order valence-corrected chi connectivity index (χ2v) is 7.05. The van der Waals surface area contributed by atoms with Gasteiger partial charge in [-0.2, -0.15) is 4.37 Å². The van der Waals surface area contributed by atoms with Gasteiger partial charge >= 0.3 is 0 Å². The molecule has 0 unspecified atom stereocenters. The van der Waals surface area contributed by atoms with Gasteiger partial charge in [0.1, 0.15) is 5.82 Å². The molecule has 1 aromatic rings. The molecule has 23 heavy (non-hydrogen) atoms. The van der Waals surface area contributed by atoms with Crippen molar-refractivity contribution in [1.82, 2.24) is 14.3 Å². The molecule has 2 fully saturated rings. The number of nitrogens with zero attached hydrogens (tertiary/aromatic N) is 4. The van der Waals surface area contributed by atoms with Crippen molar-refractivity contribution in [2.45, 2.75) is 32.8 Å². The van der Waals surface area contributed by atoms with Crippen LogP contribution < -0.4 is 4.90 Å². The number of amides is 1. The van der Waals surface area contributed by atoms with E-state index < -0.39 is 0 Å². The highest BCUT2D eigenvalue weighted by Crippen LogP contribution is 2.28. The second-order valence-electron chi connectivity index (χ2n) is 6.32. The van der Waals surface area contributed by atoms with Crippen molar-refractivity contribution in [1.29, 1.82) is 0 Å². The van der Waals surface area contributed by atoms with Gasteiger partial charge in [-0.1, -0.05) is 12.2 Å². The van der Waals surface area contributed by atoms with Crippen molar-refractivity contribution < 1.29 is 9.53 Å². The number of hydrogen-bond acceptors (Lipinski definition) is 6. The van der Waals surface area contributed by atoms with E-state index in [4.69, 9.17) is 4.74 Å². The van der Waals surface area contributed by atoms with E-state index >= 15 is 0 Å². The minimum Gasteiger partial charge on any atom is -0.373 e. The Labute approximate surface area is 141 Å². The molecular formula is C16H24N4O2S. The second kappa shape index (κ2) is 6.97. The molecule has 2 saturated heterocycles. The number of hydrogen-bond donors (Lipinski definition) is 0. The Bertz CT molecular complexity index is 588. The molecule has 0 radical (unpaired) electrons. The zero-order valence-electron chi connectivity index (χ0n) is 13.8. The van der Waals surface area contributed by atoms with Crippen LogP contribution >= 0.6 is 11.5 Å². The summed E-state index contributed by atoms with van der Waals surface area (Å²) in [5, 5.41) is 0.959. The smallest absolute Gasteiger partial charge is 0.228 e. The molecule has 0 saturated carbocycles. The third kappa shape index (κ3) is 3.55. The fourth-order valence-electron chi connectivity index (χ4n) is 3.31. The lowest BCUT2D eigenvalue weighted by atomic mass is 9.95. The number of aromatic nitrogens is 2. The molecule has 1 amide bonds. The van der Waals surface area contributed by atoms with Gasteiger partial charge in [0.25, 0.3) is 0 Å². The van der Waals surface area contributed by atoms with Crippen LogP contribution in [0, 0.1) is 12.8 Å². The standard InChI is InChI=1S/C16H24N4O2S/c1-11(2)14-13(5-10-22-14)15(21)19-6-4-7-20(9-8-19)16-17-12(3)18-23-16/h13-14H,1,4-10H2,2-3H3/t13-,14-/m1/s1. The van der Waals surface area contributed by atoms with E-state index in [9.17, 15) is 4.79 Å². The largest absolute Gasteiger partial charge is 0.373 e. The van der Waals surface area contributed by atoms with E-state index in [2.05, 4.69) is 20.8 Å². The average molecular weight is 336 g/mol. The van der Waals surface area contributed by atoms with Gasteiger partial charge < -0.3 is 14.5 Å². The highest BCUT2D eigenvalue weighted by Gasteiger charge is 2.37. The van der Waals surface area contributed by atoms with Crippen LogP contribution in [0.4, 0.5) is 5.13 Å². The van der Waals surface area contributed by atoms with Crippen molar-refractivity contribution in [3.05, 3.63) is 18.0 Å².